The second-order valence-corrected chi connectivity index (χ2v) is 3.42. The quantitative estimate of drug-likeness (QED) is 0.546. The largest absolute Gasteiger partial charge is 0.352 e. The highest BCUT2D eigenvalue weighted by atomic mass is 16.2. The van der Waals surface area contributed by atoms with E-state index in [1.54, 1.807) is 4.90 Å². The second-order valence-electron chi connectivity index (χ2n) is 3.42. The molecule has 1 saturated heterocycles. The van der Waals surface area contributed by atoms with E-state index in [9.17, 15) is 9.59 Å². The van der Waals surface area contributed by atoms with E-state index >= 15 is 0 Å². The third-order valence-electron chi connectivity index (χ3n) is 1.95. The van der Waals surface area contributed by atoms with Crippen LogP contribution in [-0.4, -0.2) is 35.5 Å². The van der Waals surface area contributed by atoms with Crippen LogP contribution in [0.5, 0.6) is 0 Å². The van der Waals surface area contributed by atoms with Crippen molar-refractivity contribution in [3.05, 3.63) is 0 Å². The molecule has 0 radical (unpaired) electrons. The molecule has 0 aromatic heterocycles. The molecule has 5 nitrogen and oxygen atoms in total. The molecule has 1 fully saturated rings. The average Bonchev–Trinajstić information content (AvgIpc) is 1.80. The molecule has 0 spiro atoms. The zero-order valence-corrected chi connectivity index (χ0v) is 7.26. The summed E-state index contributed by atoms with van der Waals surface area (Å²) in [5.41, 5.74) is 4.63. The molecule has 0 aliphatic carbocycles. The highest BCUT2D eigenvalue weighted by Crippen LogP contribution is 2.19. The number of carbonyl (C=O) groups excluding carboxylic acids is 2. The standard InChI is InChI=1S/C7H13N3O2/c1-5(11)10-3-7(2,4-10)9-6(8)12/h3-4H2,1-2H3,(H3,8,9,12). The number of nitrogens with one attached hydrogen (secondary N) is 1. The molecule has 0 atom stereocenters. The molecule has 1 aliphatic rings. The summed E-state index contributed by atoms with van der Waals surface area (Å²) < 4.78 is 0. The van der Waals surface area contributed by atoms with Gasteiger partial charge in [-0.05, 0) is 6.92 Å². The van der Waals surface area contributed by atoms with Gasteiger partial charge in [-0.15, -0.1) is 0 Å². The number of hydrogen-bond donors (Lipinski definition) is 2. The van der Waals surface area contributed by atoms with E-state index in [0.717, 1.165) is 0 Å². The third-order valence-corrected chi connectivity index (χ3v) is 1.95. The summed E-state index contributed by atoms with van der Waals surface area (Å²) in [6, 6.07) is -0.541. The first-order valence-electron chi connectivity index (χ1n) is 3.76. The van der Waals surface area contributed by atoms with Gasteiger partial charge in [0.2, 0.25) is 5.91 Å². The van der Waals surface area contributed by atoms with Crippen molar-refractivity contribution in [2.24, 2.45) is 5.73 Å². The minimum Gasteiger partial charge on any atom is -0.352 e. The Balaban J connectivity index is 2.40. The van der Waals surface area contributed by atoms with Gasteiger partial charge in [0.25, 0.3) is 0 Å². The number of amides is 3. The predicted octanol–water partition coefficient (Wildman–Crippen LogP) is -0.724. The average molecular weight is 171 g/mol. The fraction of sp³-hybridized carbons (Fsp3) is 0.714. The summed E-state index contributed by atoms with van der Waals surface area (Å²) in [6.45, 7) is 4.46. The maximum absolute atomic E-state index is 10.8. The normalized spacial score (nSPS) is 19.7. The molecule has 1 heterocycles. The van der Waals surface area contributed by atoms with Crippen molar-refractivity contribution in [1.82, 2.24) is 10.2 Å². The van der Waals surface area contributed by atoms with Crippen molar-refractivity contribution in [1.29, 1.82) is 0 Å². The van der Waals surface area contributed by atoms with Crippen LogP contribution in [0.15, 0.2) is 0 Å². The molecule has 0 saturated carbocycles. The van der Waals surface area contributed by atoms with Crippen LogP contribution in [0, 0.1) is 0 Å². The first kappa shape index (κ1) is 8.83. The van der Waals surface area contributed by atoms with E-state index in [4.69, 9.17) is 5.73 Å². The van der Waals surface area contributed by atoms with Gasteiger partial charge in [0.15, 0.2) is 0 Å². The van der Waals surface area contributed by atoms with E-state index in [1.807, 2.05) is 6.92 Å². The number of carbonyl (C=O) groups is 2. The number of urea groups is 1. The van der Waals surface area contributed by atoms with Gasteiger partial charge in [0.1, 0.15) is 0 Å². The number of likely N-dealkylation sites (tertiary alicyclic amines) is 1. The summed E-state index contributed by atoms with van der Waals surface area (Å²) in [5.74, 6) is 0.0266. The monoisotopic (exact) mass is 171 g/mol. The van der Waals surface area contributed by atoms with Crippen molar-refractivity contribution in [2.45, 2.75) is 19.4 Å². The van der Waals surface area contributed by atoms with Crippen LogP contribution in [0.1, 0.15) is 13.8 Å². The number of rotatable bonds is 1. The molecule has 3 amide bonds. The Morgan fingerprint density at radius 3 is 2.33 bits per heavy atom. The SMILES string of the molecule is CC(=O)N1CC(C)(NC(N)=O)C1. The highest BCUT2D eigenvalue weighted by molar-refractivity contribution is 5.76. The molecular weight excluding hydrogens is 158 g/mol. The number of primary amides is 1. The van der Waals surface area contributed by atoms with Gasteiger partial charge < -0.3 is 16.0 Å². The van der Waals surface area contributed by atoms with Gasteiger partial charge >= 0.3 is 6.03 Å². The highest BCUT2D eigenvalue weighted by Gasteiger charge is 2.40. The van der Waals surface area contributed by atoms with E-state index < -0.39 is 6.03 Å². The fourth-order valence-electron chi connectivity index (χ4n) is 1.40. The second kappa shape index (κ2) is 2.66. The van der Waals surface area contributed by atoms with Gasteiger partial charge in [-0.2, -0.15) is 0 Å². The van der Waals surface area contributed by atoms with Crippen molar-refractivity contribution in [2.75, 3.05) is 13.1 Å². The van der Waals surface area contributed by atoms with Gasteiger partial charge in [-0.1, -0.05) is 0 Å². The maximum atomic E-state index is 10.8. The van der Waals surface area contributed by atoms with Gasteiger partial charge in [0.05, 0.1) is 5.54 Å². The predicted molar refractivity (Wildman–Crippen MR) is 43.4 cm³/mol. The summed E-state index contributed by atoms with van der Waals surface area (Å²) in [4.78, 5) is 22.9. The summed E-state index contributed by atoms with van der Waals surface area (Å²) in [5, 5.41) is 2.59. The Bertz CT molecular complexity index is 221. The summed E-state index contributed by atoms with van der Waals surface area (Å²) >= 11 is 0. The minimum absolute atomic E-state index is 0.0266. The van der Waals surface area contributed by atoms with Gasteiger partial charge in [0, 0.05) is 20.0 Å². The number of hydrogen-bond acceptors (Lipinski definition) is 2. The molecule has 1 rings (SSSR count). The molecule has 0 bridgehead atoms. The molecule has 0 aromatic rings. The van der Waals surface area contributed by atoms with Crippen LogP contribution in [0.25, 0.3) is 0 Å². The van der Waals surface area contributed by atoms with Crippen LogP contribution >= 0.6 is 0 Å². The van der Waals surface area contributed by atoms with E-state index in [0.29, 0.717) is 13.1 Å². The maximum Gasteiger partial charge on any atom is 0.312 e. The first-order valence-corrected chi connectivity index (χ1v) is 3.76. The molecule has 3 N–H and O–H groups in total. The van der Waals surface area contributed by atoms with Crippen molar-refractivity contribution >= 4 is 11.9 Å². The number of nitrogens with two attached hydrogens (primary N) is 1. The molecule has 68 valence electrons. The fourth-order valence-corrected chi connectivity index (χ4v) is 1.40. The molecule has 0 unspecified atom stereocenters. The van der Waals surface area contributed by atoms with Gasteiger partial charge in [-0.25, -0.2) is 4.79 Å². The van der Waals surface area contributed by atoms with Crippen LogP contribution in [0.3, 0.4) is 0 Å². The Hall–Kier alpha value is -1.26. The summed E-state index contributed by atoms with van der Waals surface area (Å²) in [7, 11) is 0. The Labute approximate surface area is 70.9 Å². The lowest BCUT2D eigenvalue weighted by Crippen LogP contribution is -2.70. The molecule has 1 aliphatic heterocycles. The van der Waals surface area contributed by atoms with Crippen molar-refractivity contribution in [3.8, 4) is 0 Å². The first-order chi connectivity index (χ1) is 5.43. The topological polar surface area (TPSA) is 75.4 Å². The van der Waals surface area contributed by atoms with Crippen molar-refractivity contribution in [3.63, 3.8) is 0 Å². The Kier molecular flexibility index (Phi) is 1.95. The van der Waals surface area contributed by atoms with Crippen LogP contribution in [0.2, 0.25) is 0 Å². The Morgan fingerprint density at radius 2 is 2.00 bits per heavy atom. The lowest BCUT2D eigenvalue weighted by atomic mass is 9.92. The molecule has 12 heavy (non-hydrogen) atoms. The van der Waals surface area contributed by atoms with E-state index in [2.05, 4.69) is 5.32 Å². The van der Waals surface area contributed by atoms with Crippen LogP contribution in [0.4, 0.5) is 4.79 Å². The minimum atomic E-state index is -0.541. The van der Waals surface area contributed by atoms with E-state index in [1.165, 1.54) is 6.92 Å². The Morgan fingerprint density at radius 1 is 1.50 bits per heavy atom. The van der Waals surface area contributed by atoms with Gasteiger partial charge in [-0.3, -0.25) is 4.79 Å². The molecule has 5 heteroatoms. The van der Waals surface area contributed by atoms with Crippen molar-refractivity contribution < 1.29 is 9.59 Å². The lowest BCUT2D eigenvalue weighted by Gasteiger charge is -2.47. The third kappa shape index (κ3) is 1.66. The zero-order chi connectivity index (χ0) is 9.35. The van der Waals surface area contributed by atoms with Crippen LogP contribution < -0.4 is 11.1 Å². The summed E-state index contributed by atoms with van der Waals surface area (Å²) in [6.07, 6.45) is 0. The molecular formula is C7H13N3O2. The lowest BCUT2D eigenvalue weighted by molar-refractivity contribution is -0.136. The number of nitrogens with zero attached hydrogens (tertiary/aromatic N) is 1. The zero-order valence-electron chi connectivity index (χ0n) is 7.26. The van der Waals surface area contributed by atoms with E-state index in [-0.39, 0.29) is 11.4 Å². The molecule has 0 aromatic carbocycles. The smallest absolute Gasteiger partial charge is 0.312 e. The van der Waals surface area contributed by atoms with Crippen LogP contribution in [-0.2, 0) is 4.79 Å².